The molecule has 0 bridgehead atoms. The Labute approximate surface area is 137 Å². The summed E-state index contributed by atoms with van der Waals surface area (Å²) in [5.41, 5.74) is 1.18. The molecule has 4 nitrogen and oxygen atoms in total. The molecule has 0 aliphatic rings. The van der Waals surface area contributed by atoms with Gasteiger partial charge in [0.15, 0.2) is 0 Å². The maximum atomic E-state index is 13.3. The molecule has 0 saturated heterocycles. The predicted octanol–water partition coefficient (Wildman–Crippen LogP) is 3.57. The van der Waals surface area contributed by atoms with Crippen molar-refractivity contribution in [1.82, 2.24) is 15.3 Å². The Morgan fingerprint density at radius 3 is 2.91 bits per heavy atom. The van der Waals surface area contributed by atoms with Gasteiger partial charge in [0.2, 0.25) is 0 Å². The van der Waals surface area contributed by atoms with E-state index in [1.807, 2.05) is 13.0 Å². The summed E-state index contributed by atoms with van der Waals surface area (Å²) < 4.78 is 13.3. The Morgan fingerprint density at radius 1 is 1.30 bits per heavy atom. The molecule has 0 amide bonds. The van der Waals surface area contributed by atoms with E-state index in [1.54, 1.807) is 24.3 Å². The number of rotatable bonds is 4. The summed E-state index contributed by atoms with van der Waals surface area (Å²) in [6.45, 7) is 2.28. The zero-order valence-corrected chi connectivity index (χ0v) is 13.2. The van der Waals surface area contributed by atoms with Crippen molar-refractivity contribution in [3.63, 3.8) is 0 Å². The van der Waals surface area contributed by atoms with Gasteiger partial charge in [-0.2, -0.15) is 0 Å². The molecule has 1 heterocycles. The second kappa shape index (κ2) is 6.48. The largest absolute Gasteiger partial charge is 0.309 e. The van der Waals surface area contributed by atoms with Gasteiger partial charge in [0, 0.05) is 11.1 Å². The van der Waals surface area contributed by atoms with Gasteiger partial charge in [0.05, 0.1) is 17.4 Å². The van der Waals surface area contributed by atoms with Crippen molar-refractivity contribution in [1.29, 1.82) is 0 Å². The van der Waals surface area contributed by atoms with Crippen LogP contribution in [0.15, 0.2) is 47.3 Å². The normalized spacial score (nSPS) is 12.5. The van der Waals surface area contributed by atoms with Gasteiger partial charge < -0.3 is 10.3 Å². The lowest BCUT2D eigenvalue weighted by molar-refractivity contribution is 0.552. The summed E-state index contributed by atoms with van der Waals surface area (Å²) in [6.07, 6.45) is 0. The Kier molecular flexibility index (Phi) is 4.41. The predicted molar refractivity (Wildman–Crippen MR) is 89.0 cm³/mol. The van der Waals surface area contributed by atoms with Gasteiger partial charge in [0.1, 0.15) is 11.6 Å². The lowest BCUT2D eigenvalue weighted by Gasteiger charge is -2.14. The van der Waals surface area contributed by atoms with Gasteiger partial charge in [-0.1, -0.05) is 23.7 Å². The molecule has 3 aromatic rings. The highest BCUT2D eigenvalue weighted by Gasteiger charge is 2.08. The fraction of sp³-hybridized carbons (Fsp3) is 0.176. The molecular weight excluding hydrogens is 317 g/mol. The fourth-order valence-corrected chi connectivity index (χ4v) is 2.55. The lowest BCUT2D eigenvalue weighted by atomic mass is 10.1. The Hall–Kier alpha value is -2.24. The molecule has 0 spiro atoms. The van der Waals surface area contributed by atoms with Crippen molar-refractivity contribution in [2.45, 2.75) is 19.5 Å². The molecule has 0 unspecified atom stereocenters. The van der Waals surface area contributed by atoms with Crippen molar-refractivity contribution < 1.29 is 4.39 Å². The van der Waals surface area contributed by atoms with E-state index < -0.39 is 0 Å². The third kappa shape index (κ3) is 3.57. The fourth-order valence-electron chi connectivity index (χ4n) is 2.39. The number of halogens is 2. The van der Waals surface area contributed by atoms with E-state index in [-0.39, 0.29) is 17.4 Å². The molecule has 23 heavy (non-hydrogen) atoms. The maximum absolute atomic E-state index is 13.3. The molecule has 0 fully saturated rings. The Balaban J connectivity index is 1.80. The van der Waals surface area contributed by atoms with Gasteiger partial charge in [-0.3, -0.25) is 4.79 Å². The van der Waals surface area contributed by atoms with Crippen LogP contribution in [0.1, 0.15) is 24.4 Å². The van der Waals surface area contributed by atoms with Gasteiger partial charge in [-0.05, 0) is 42.8 Å². The molecule has 2 N–H and O–H groups in total. The van der Waals surface area contributed by atoms with Crippen LogP contribution in [-0.2, 0) is 6.54 Å². The SMILES string of the molecule is C[C@@H](NCc1nc2cc(Cl)ccc2c(=O)[nH]1)c1cccc(F)c1. The number of aromatic amines is 1. The molecule has 1 aromatic heterocycles. The number of aromatic nitrogens is 2. The van der Waals surface area contributed by atoms with Crippen LogP contribution >= 0.6 is 11.6 Å². The number of hydrogen-bond acceptors (Lipinski definition) is 3. The van der Waals surface area contributed by atoms with E-state index in [9.17, 15) is 9.18 Å². The number of H-pyrrole nitrogens is 1. The van der Waals surface area contributed by atoms with Crippen LogP contribution in [0.5, 0.6) is 0 Å². The molecule has 0 radical (unpaired) electrons. The molecule has 2 aromatic carbocycles. The average molecular weight is 332 g/mol. The Bertz CT molecular complexity index is 910. The van der Waals surface area contributed by atoms with E-state index in [0.717, 1.165) is 5.56 Å². The van der Waals surface area contributed by atoms with Crippen LogP contribution in [-0.4, -0.2) is 9.97 Å². The minimum absolute atomic E-state index is 0.0777. The number of fused-ring (bicyclic) bond motifs is 1. The van der Waals surface area contributed by atoms with E-state index in [0.29, 0.717) is 28.3 Å². The van der Waals surface area contributed by atoms with Crippen LogP contribution in [0.4, 0.5) is 4.39 Å². The van der Waals surface area contributed by atoms with Crippen LogP contribution in [0.25, 0.3) is 10.9 Å². The van der Waals surface area contributed by atoms with Crippen molar-refractivity contribution in [2.24, 2.45) is 0 Å². The first-order chi connectivity index (χ1) is 11.0. The highest BCUT2D eigenvalue weighted by Crippen LogP contribution is 2.16. The summed E-state index contributed by atoms with van der Waals surface area (Å²) in [5, 5.41) is 4.24. The van der Waals surface area contributed by atoms with E-state index in [2.05, 4.69) is 15.3 Å². The van der Waals surface area contributed by atoms with Crippen LogP contribution in [0, 0.1) is 5.82 Å². The van der Waals surface area contributed by atoms with Crippen LogP contribution < -0.4 is 10.9 Å². The Morgan fingerprint density at radius 2 is 2.13 bits per heavy atom. The molecule has 0 saturated carbocycles. The number of benzene rings is 2. The summed E-state index contributed by atoms with van der Waals surface area (Å²) in [6, 6.07) is 11.3. The summed E-state index contributed by atoms with van der Waals surface area (Å²) >= 11 is 5.94. The van der Waals surface area contributed by atoms with Crippen LogP contribution in [0.3, 0.4) is 0 Å². The number of hydrogen-bond donors (Lipinski definition) is 2. The quantitative estimate of drug-likeness (QED) is 0.768. The second-order valence-corrected chi connectivity index (χ2v) is 5.77. The molecule has 0 aliphatic carbocycles. The lowest BCUT2D eigenvalue weighted by Crippen LogP contribution is -2.22. The van der Waals surface area contributed by atoms with Crippen molar-refractivity contribution in [2.75, 3.05) is 0 Å². The first-order valence-electron chi connectivity index (χ1n) is 7.20. The van der Waals surface area contributed by atoms with Crippen LogP contribution in [0.2, 0.25) is 5.02 Å². The molecule has 6 heteroatoms. The highest BCUT2D eigenvalue weighted by molar-refractivity contribution is 6.31. The molecule has 3 rings (SSSR count). The molecular formula is C17H15ClFN3O. The summed E-state index contributed by atoms with van der Waals surface area (Å²) in [7, 11) is 0. The van der Waals surface area contributed by atoms with Gasteiger partial charge >= 0.3 is 0 Å². The first-order valence-corrected chi connectivity index (χ1v) is 7.58. The van der Waals surface area contributed by atoms with Gasteiger partial charge in [0.25, 0.3) is 5.56 Å². The third-order valence-electron chi connectivity index (χ3n) is 3.64. The standard InChI is InChI=1S/C17H15ClFN3O/c1-10(11-3-2-4-13(19)7-11)20-9-16-21-15-8-12(18)5-6-14(15)17(23)22-16/h2-8,10,20H,9H2,1H3,(H,21,22,23)/t10-/m1/s1. The van der Waals surface area contributed by atoms with Crippen molar-refractivity contribution in [3.8, 4) is 0 Å². The zero-order chi connectivity index (χ0) is 16.4. The molecule has 118 valence electrons. The second-order valence-electron chi connectivity index (χ2n) is 5.33. The number of nitrogens with one attached hydrogen (secondary N) is 2. The monoisotopic (exact) mass is 331 g/mol. The number of nitrogens with zero attached hydrogens (tertiary/aromatic N) is 1. The van der Waals surface area contributed by atoms with Crippen molar-refractivity contribution >= 4 is 22.5 Å². The van der Waals surface area contributed by atoms with Gasteiger partial charge in [-0.25, -0.2) is 9.37 Å². The van der Waals surface area contributed by atoms with Gasteiger partial charge in [-0.15, -0.1) is 0 Å². The van der Waals surface area contributed by atoms with E-state index >= 15 is 0 Å². The smallest absolute Gasteiger partial charge is 0.258 e. The highest BCUT2D eigenvalue weighted by atomic mass is 35.5. The zero-order valence-electron chi connectivity index (χ0n) is 12.4. The summed E-state index contributed by atoms with van der Waals surface area (Å²) in [4.78, 5) is 19.2. The topological polar surface area (TPSA) is 57.8 Å². The maximum Gasteiger partial charge on any atom is 0.258 e. The average Bonchev–Trinajstić information content (AvgIpc) is 2.52. The van der Waals surface area contributed by atoms with E-state index in [4.69, 9.17) is 11.6 Å². The summed E-state index contributed by atoms with van der Waals surface area (Å²) in [5.74, 6) is 0.232. The third-order valence-corrected chi connectivity index (χ3v) is 3.88. The first kappa shape index (κ1) is 15.6. The molecule has 0 aliphatic heterocycles. The van der Waals surface area contributed by atoms with Crippen molar-refractivity contribution in [3.05, 3.63) is 75.0 Å². The minimum Gasteiger partial charge on any atom is -0.309 e. The van der Waals surface area contributed by atoms with E-state index in [1.165, 1.54) is 12.1 Å². The molecule has 1 atom stereocenters. The minimum atomic E-state index is -0.275.